The number of aromatic nitrogens is 3. The van der Waals surface area contributed by atoms with Crippen molar-refractivity contribution in [2.75, 3.05) is 37.8 Å². The van der Waals surface area contributed by atoms with Gasteiger partial charge in [0.15, 0.2) is 11.5 Å². The smallest absolute Gasteiger partial charge is 0.312 e. The van der Waals surface area contributed by atoms with Gasteiger partial charge in [0.05, 0.1) is 24.2 Å². The molecule has 1 aromatic carbocycles. The molecule has 1 aliphatic heterocycles. The topological polar surface area (TPSA) is 87.9 Å². The lowest BCUT2D eigenvalue weighted by molar-refractivity contribution is -0.170. The second kappa shape index (κ2) is 15.1. The van der Waals surface area contributed by atoms with Crippen molar-refractivity contribution in [3.05, 3.63) is 33.4 Å². The van der Waals surface area contributed by atoms with E-state index < -0.39 is 30.7 Å². The molecule has 0 radical (unpaired) electrons. The summed E-state index contributed by atoms with van der Waals surface area (Å²) in [7, 11) is -1.35. The summed E-state index contributed by atoms with van der Waals surface area (Å²) >= 11 is 2.05. The zero-order valence-electron chi connectivity index (χ0n) is 30.1. The summed E-state index contributed by atoms with van der Waals surface area (Å²) in [5.41, 5.74) is 0.267. The minimum Gasteiger partial charge on any atom is -0.461 e. The van der Waals surface area contributed by atoms with Crippen LogP contribution in [0.5, 0.6) is 6.01 Å². The van der Waals surface area contributed by atoms with E-state index in [-0.39, 0.29) is 36.0 Å². The highest BCUT2D eigenvalue weighted by Gasteiger charge is 2.42. The van der Waals surface area contributed by atoms with Gasteiger partial charge in [0, 0.05) is 43.1 Å². The minimum atomic E-state index is -1.35. The molecule has 0 unspecified atom stereocenters. The van der Waals surface area contributed by atoms with Crippen LogP contribution < -0.4 is 9.64 Å². The van der Waals surface area contributed by atoms with E-state index in [1.807, 2.05) is 40.7 Å². The zero-order chi connectivity index (χ0) is 35.7. The molecule has 0 atom stereocenters. The largest absolute Gasteiger partial charge is 0.461 e. The lowest BCUT2D eigenvalue weighted by Gasteiger charge is -2.38. The standard InChI is InChI=1S/C36H51F2IN4O5Si/c1-35(2,3)48-33(44)36(4,5)23-9-11-25(12-10-23)47-34-40-29-21-27(38)31(41-32(29)43(34)22-46-17-18-49(6,7)8)30-26(37)19-24(20-28(30)39)42-13-15-45-16-14-42/h19-21,23,25H,9-18,22H2,1-8H3. The number of nitrogens with zero attached hydrogens (tertiary/aromatic N) is 4. The molecule has 1 saturated carbocycles. The second-order valence-electron chi connectivity index (χ2n) is 16.0. The van der Waals surface area contributed by atoms with Gasteiger partial charge in [0.1, 0.15) is 35.5 Å². The quantitative estimate of drug-likeness (QED) is 0.0826. The Hall–Kier alpha value is -2.36. The summed E-state index contributed by atoms with van der Waals surface area (Å²) in [5, 5.41) is 0. The summed E-state index contributed by atoms with van der Waals surface area (Å²) < 4.78 is 57.6. The van der Waals surface area contributed by atoms with Crippen molar-refractivity contribution >= 4 is 53.5 Å². The number of hydrogen-bond donors (Lipinski definition) is 0. The van der Waals surface area contributed by atoms with Crippen LogP contribution in [0, 0.1) is 26.5 Å². The third-order valence-corrected chi connectivity index (χ3v) is 11.9. The minimum absolute atomic E-state index is 0.0809. The van der Waals surface area contributed by atoms with E-state index in [1.165, 1.54) is 12.1 Å². The van der Waals surface area contributed by atoms with E-state index in [9.17, 15) is 4.79 Å². The molecule has 0 spiro atoms. The molecule has 270 valence electrons. The monoisotopic (exact) mass is 812 g/mol. The fourth-order valence-corrected chi connectivity index (χ4v) is 7.93. The van der Waals surface area contributed by atoms with E-state index >= 15 is 8.78 Å². The van der Waals surface area contributed by atoms with E-state index in [4.69, 9.17) is 18.9 Å². The maximum absolute atomic E-state index is 15.8. The molecule has 3 aromatic rings. The first-order valence-electron chi connectivity index (χ1n) is 17.3. The van der Waals surface area contributed by atoms with E-state index in [1.54, 1.807) is 4.57 Å². The van der Waals surface area contributed by atoms with Crippen LogP contribution in [0.4, 0.5) is 14.5 Å². The number of benzene rings is 1. The van der Waals surface area contributed by atoms with Gasteiger partial charge in [-0.25, -0.2) is 13.8 Å². The van der Waals surface area contributed by atoms with Gasteiger partial charge in [-0.2, -0.15) is 4.98 Å². The number of pyridine rings is 1. The highest BCUT2D eigenvalue weighted by molar-refractivity contribution is 14.1. The molecule has 1 aliphatic carbocycles. The first-order chi connectivity index (χ1) is 22.9. The number of esters is 1. The summed E-state index contributed by atoms with van der Waals surface area (Å²) in [4.78, 5) is 24.4. The van der Waals surface area contributed by atoms with Gasteiger partial charge in [-0.1, -0.05) is 19.6 Å². The Morgan fingerprint density at radius 3 is 2.29 bits per heavy atom. The Bertz CT molecular complexity index is 1620. The number of carbonyl (C=O) groups is 1. The van der Waals surface area contributed by atoms with E-state index in [0.29, 0.717) is 53.7 Å². The highest BCUT2D eigenvalue weighted by atomic mass is 127. The Morgan fingerprint density at radius 2 is 1.67 bits per heavy atom. The zero-order valence-corrected chi connectivity index (χ0v) is 33.3. The molecule has 49 heavy (non-hydrogen) atoms. The summed E-state index contributed by atoms with van der Waals surface area (Å²) in [6.45, 7) is 19.6. The number of fused-ring (bicyclic) bond motifs is 1. The Kier molecular flexibility index (Phi) is 11.7. The van der Waals surface area contributed by atoms with Gasteiger partial charge in [0.25, 0.3) is 0 Å². The maximum Gasteiger partial charge on any atom is 0.312 e. The number of morpholine rings is 1. The molecule has 0 N–H and O–H groups in total. The number of anilines is 1. The fraction of sp³-hybridized carbons (Fsp3) is 0.639. The van der Waals surface area contributed by atoms with Gasteiger partial charge in [-0.05, 0) is 107 Å². The summed E-state index contributed by atoms with van der Waals surface area (Å²) in [5.74, 6) is -1.24. The van der Waals surface area contributed by atoms with Crippen molar-refractivity contribution in [1.82, 2.24) is 14.5 Å². The van der Waals surface area contributed by atoms with Crippen LogP contribution in [-0.4, -0.2) is 73.2 Å². The Morgan fingerprint density at radius 1 is 1.00 bits per heavy atom. The first-order valence-corrected chi connectivity index (χ1v) is 22.1. The normalized spacial score (nSPS) is 19.4. The second-order valence-corrected chi connectivity index (χ2v) is 22.8. The maximum atomic E-state index is 15.8. The first kappa shape index (κ1) is 37.9. The molecule has 5 rings (SSSR count). The third kappa shape index (κ3) is 9.31. The SMILES string of the molecule is CC(C)(C)OC(=O)C(C)(C)C1CCC(Oc2nc3cc(F)c(-c4c(F)cc(N5CCOCC5)cc4I)nc3n2COCC[Si](C)(C)C)CC1. The van der Waals surface area contributed by atoms with Crippen molar-refractivity contribution in [3.8, 4) is 17.3 Å². The number of ether oxygens (including phenoxy) is 4. The molecule has 9 nitrogen and oxygen atoms in total. The summed E-state index contributed by atoms with van der Waals surface area (Å²) in [6, 6.07) is 5.87. The molecule has 2 fully saturated rings. The van der Waals surface area contributed by atoms with Crippen LogP contribution >= 0.6 is 22.6 Å². The van der Waals surface area contributed by atoms with Crippen LogP contribution in [-0.2, 0) is 25.7 Å². The van der Waals surface area contributed by atoms with Crippen molar-refractivity contribution in [1.29, 1.82) is 0 Å². The van der Waals surface area contributed by atoms with Crippen LogP contribution in [0.15, 0.2) is 18.2 Å². The number of carbonyl (C=O) groups excluding carboxylic acids is 1. The molecular formula is C36H51F2IN4O5Si. The Labute approximate surface area is 303 Å². The number of hydrogen-bond acceptors (Lipinski definition) is 8. The predicted molar refractivity (Wildman–Crippen MR) is 199 cm³/mol. The van der Waals surface area contributed by atoms with Crippen molar-refractivity contribution in [2.24, 2.45) is 11.3 Å². The number of halogens is 3. The van der Waals surface area contributed by atoms with Crippen LogP contribution in [0.2, 0.25) is 25.7 Å². The highest BCUT2D eigenvalue weighted by Crippen LogP contribution is 2.41. The average molecular weight is 813 g/mol. The molecule has 0 bridgehead atoms. The molecule has 2 aliphatic rings. The van der Waals surface area contributed by atoms with Crippen molar-refractivity contribution < 1.29 is 32.5 Å². The summed E-state index contributed by atoms with van der Waals surface area (Å²) in [6.07, 6.45) is 2.88. The number of rotatable bonds is 11. The van der Waals surface area contributed by atoms with Crippen molar-refractivity contribution in [3.63, 3.8) is 0 Å². The van der Waals surface area contributed by atoms with Crippen LogP contribution in [0.25, 0.3) is 22.4 Å². The van der Waals surface area contributed by atoms with Gasteiger partial charge in [0.2, 0.25) is 0 Å². The van der Waals surface area contributed by atoms with E-state index in [0.717, 1.165) is 37.4 Å². The molecular weight excluding hydrogens is 761 g/mol. The number of imidazole rings is 1. The molecule has 13 heteroatoms. The van der Waals surface area contributed by atoms with Gasteiger partial charge in [-0.15, -0.1) is 0 Å². The third-order valence-electron chi connectivity index (χ3n) is 9.39. The van der Waals surface area contributed by atoms with Gasteiger partial charge in [-0.3, -0.25) is 9.36 Å². The fourth-order valence-electron chi connectivity index (χ4n) is 6.34. The molecule has 3 heterocycles. The molecule has 1 saturated heterocycles. The van der Waals surface area contributed by atoms with Crippen molar-refractivity contribution in [2.45, 2.75) is 104 Å². The lowest BCUT2D eigenvalue weighted by Crippen LogP contribution is -2.41. The van der Waals surface area contributed by atoms with Gasteiger partial charge >= 0.3 is 12.0 Å². The van der Waals surface area contributed by atoms with Crippen LogP contribution in [0.3, 0.4) is 0 Å². The average Bonchev–Trinajstić information content (AvgIpc) is 3.33. The molecule has 0 amide bonds. The lowest BCUT2D eigenvalue weighted by atomic mass is 9.70. The molecule has 2 aromatic heterocycles. The Balaban J connectivity index is 1.41. The predicted octanol–water partition coefficient (Wildman–Crippen LogP) is 8.44. The van der Waals surface area contributed by atoms with Crippen LogP contribution in [0.1, 0.15) is 60.3 Å². The van der Waals surface area contributed by atoms with Gasteiger partial charge < -0.3 is 23.8 Å². The van der Waals surface area contributed by atoms with E-state index in [2.05, 4.69) is 57.1 Å².